The summed E-state index contributed by atoms with van der Waals surface area (Å²) in [6.07, 6.45) is 0.839. The Bertz CT molecular complexity index is 580. The quantitative estimate of drug-likeness (QED) is 0.841. The van der Waals surface area contributed by atoms with Gasteiger partial charge in [-0.05, 0) is 29.0 Å². The Balaban J connectivity index is 1.58. The maximum Gasteiger partial charge on any atom is 0.212 e. The third kappa shape index (κ3) is 3.38. The zero-order chi connectivity index (χ0) is 14.0. The van der Waals surface area contributed by atoms with Crippen molar-refractivity contribution in [3.8, 4) is 0 Å². The fraction of sp³-hybridized carbons (Fsp3) is 0.571. The van der Waals surface area contributed by atoms with E-state index in [1.165, 1.54) is 11.1 Å². The lowest BCUT2D eigenvalue weighted by atomic mass is 10.1. The molecule has 0 aliphatic carbocycles. The van der Waals surface area contributed by atoms with E-state index in [0.29, 0.717) is 19.8 Å². The maximum atomic E-state index is 12.0. The second-order valence-electron chi connectivity index (χ2n) is 5.54. The van der Waals surface area contributed by atoms with Gasteiger partial charge in [0.05, 0.1) is 12.4 Å². The highest BCUT2D eigenvalue weighted by molar-refractivity contribution is 7.89. The zero-order valence-electron chi connectivity index (χ0n) is 11.4. The molecule has 6 heteroatoms. The van der Waals surface area contributed by atoms with Crippen molar-refractivity contribution in [3.05, 3.63) is 34.9 Å². The summed E-state index contributed by atoms with van der Waals surface area (Å²) in [6, 6.07) is 6.15. The van der Waals surface area contributed by atoms with Crippen molar-refractivity contribution in [2.45, 2.75) is 26.1 Å². The number of rotatable bonds is 5. The molecule has 2 aliphatic heterocycles. The van der Waals surface area contributed by atoms with E-state index >= 15 is 0 Å². The average Bonchev–Trinajstić information content (AvgIpc) is 3.06. The molecule has 110 valence electrons. The Morgan fingerprint density at radius 1 is 1.30 bits per heavy atom. The molecule has 1 atom stereocenters. The summed E-state index contributed by atoms with van der Waals surface area (Å²) in [4.78, 5) is 0. The number of fused-ring (bicyclic) bond motifs is 1. The molecule has 20 heavy (non-hydrogen) atoms. The van der Waals surface area contributed by atoms with Gasteiger partial charge in [-0.2, -0.15) is 0 Å². The van der Waals surface area contributed by atoms with E-state index in [0.717, 1.165) is 25.1 Å². The Morgan fingerprint density at radius 3 is 2.95 bits per heavy atom. The molecule has 0 amide bonds. The number of sulfonamides is 1. The molecule has 2 N–H and O–H groups in total. The predicted molar refractivity (Wildman–Crippen MR) is 76.5 cm³/mol. The third-order valence-corrected chi connectivity index (χ3v) is 5.37. The molecule has 0 spiro atoms. The Morgan fingerprint density at radius 2 is 2.15 bits per heavy atom. The largest absolute Gasteiger partial charge is 0.381 e. The normalized spacial score (nSPS) is 22.1. The minimum absolute atomic E-state index is 0.136. The first-order valence-corrected chi connectivity index (χ1v) is 8.64. The van der Waals surface area contributed by atoms with E-state index in [-0.39, 0.29) is 11.7 Å². The van der Waals surface area contributed by atoms with Gasteiger partial charge in [-0.25, -0.2) is 13.1 Å². The molecule has 0 bridgehead atoms. The van der Waals surface area contributed by atoms with Crippen molar-refractivity contribution in [3.63, 3.8) is 0 Å². The molecule has 3 rings (SSSR count). The van der Waals surface area contributed by atoms with Crippen LogP contribution in [0.4, 0.5) is 0 Å². The van der Waals surface area contributed by atoms with Crippen LogP contribution in [-0.4, -0.2) is 27.4 Å². The van der Waals surface area contributed by atoms with Crippen LogP contribution in [0.5, 0.6) is 0 Å². The minimum atomic E-state index is -3.22. The standard InChI is InChI=1S/C14H20N2O3S/c17-20(18,10-12-3-4-19-9-12)16-6-11-1-2-13-7-15-8-14(13)5-11/h1-2,5,12,15-16H,3-4,6-10H2. The lowest BCUT2D eigenvalue weighted by Gasteiger charge is -2.11. The first kappa shape index (κ1) is 14.0. The molecule has 2 aliphatic rings. The number of benzene rings is 1. The van der Waals surface area contributed by atoms with Crippen LogP contribution >= 0.6 is 0 Å². The van der Waals surface area contributed by atoms with Crippen molar-refractivity contribution in [1.82, 2.24) is 10.0 Å². The summed E-state index contributed by atoms with van der Waals surface area (Å²) in [5.74, 6) is 0.302. The molecule has 5 nitrogen and oxygen atoms in total. The first-order chi connectivity index (χ1) is 9.62. The van der Waals surface area contributed by atoms with Gasteiger partial charge in [0.2, 0.25) is 10.0 Å². The first-order valence-electron chi connectivity index (χ1n) is 6.99. The van der Waals surface area contributed by atoms with Gasteiger partial charge < -0.3 is 10.1 Å². The maximum absolute atomic E-state index is 12.0. The highest BCUT2D eigenvalue weighted by atomic mass is 32.2. The lowest BCUT2D eigenvalue weighted by molar-refractivity contribution is 0.188. The van der Waals surface area contributed by atoms with Crippen LogP contribution in [0.15, 0.2) is 18.2 Å². The number of hydrogen-bond acceptors (Lipinski definition) is 4. The van der Waals surface area contributed by atoms with Crippen molar-refractivity contribution in [2.24, 2.45) is 5.92 Å². The number of hydrogen-bond donors (Lipinski definition) is 2. The summed E-state index contributed by atoms with van der Waals surface area (Å²) >= 11 is 0. The fourth-order valence-electron chi connectivity index (χ4n) is 2.74. The van der Waals surface area contributed by atoms with Crippen LogP contribution in [0.1, 0.15) is 23.1 Å². The molecule has 0 saturated carbocycles. The van der Waals surface area contributed by atoms with Crippen LogP contribution in [0.3, 0.4) is 0 Å². The van der Waals surface area contributed by atoms with Gasteiger partial charge in [0.1, 0.15) is 0 Å². The highest BCUT2D eigenvalue weighted by Crippen LogP contribution is 2.18. The molecule has 1 unspecified atom stereocenters. The van der Waals surface area contributed by atoms with Crippen LogP contribution < -0.4 is 10.0 Å². The monoisotopic (exact) mass is 296 g/mol. The third-order valence-electron chi connectivity index (χ3n) is 3.88. The van der Waals surface area contributed by atoms with Crippen LogP contribution in [-0.2, 0) is 34.4 Å². The predicted octanol–water partition coefficient (Wildman–Crippen LogP) is 0.746. The van der Waals surface area contributed by atoms with E-state index in [1.807, 2.05) is 6.07 Å². The van der Waals surface area contributed by atoms with Crippen LogP contribution in [0, 0.1) is 5.92 Å². The number of nitrogens with one attached hydrogen (secondary N) is 2. The van der Waals surface area contributed by atoms with Crippen LogP contribution in [0.2, 0.25) is 0 Å². The molecule has 2 heterocycles. The molecule has 1 fully saturated rings. The number of ether oxygens (including phenoxy) is 1. The second-order valence-corrected chi connectivity index (χ2v) is 7.39. The van der Waals surface area contributed by atoms with Gasteiger partial charge >= 0.3 is 0 Å². The molecule has 1 saturated heterocycles. The molecule has 1 aromatic carbocycles. The lowest BCUT2D eigenvalue weighted by Crippen LogP contribution is -2.29. The van der Waals surface area contributed by atoms with Crippen molar-refractivity contribution in [1.29, 1.82) is 0 Å². The van der Waals surface area contributed by atoms with Gasteiger partial charge in [0.15, 0.2) is 0 Å². The molecule has 1 aromatic rings. The van der Waals surface area contributed by atoms with E-state index in [2.05, 4.69) is 22.2 Å². The van der Waals surface area contributed by atoms with Gasteiger partial charge in [0.25, 0.3) is 0 Å². The second kappa shape index (κ2) is 5.81. The molecular formula is C14H20N2O3S. The summed E-state index contributed by atoms with van der Waals surface area (Å²) in [7, 11) is -3.22. The SMILES string of the molecule is O=S(=O)(CC1CCOC1)NCc1ccc2c(c1)CNC2. The summed E-state index contributed by atoms with van der Waals surface area (Å²) in [5.41, 5.74) is 3.59. The highest BCUT2D eigenvalue weighted by Gasteiger charge is 2.23. The van der Waals surface area contributed by atoms with Gasteiger partial charge in [-0.1, -0.05) is 18.2 Å². The van der Waals surface area contributed by atoms with E-state index in [9.17, 15) is 8.42 Å². The van der Waals surface area contributed by atoms with Crippen LogP contribution in [0.25, 0.3) is 0 Å². The smallest absolute Gasteiger partial charge is 0.212 e. The summed E-state index contributed by atoms with van der Waals surface area (Å²) < 4.78 is 31.9. The summed E-state index contributed by atoms with van der Waals surface area (Å²) in [6.45, 7) is 3.38. The van der Waals surface area contributed by atoms with Crippen molar-refractivity contribution in [2.75, 3.05) is 19.0 Å². The average molecular weight is 296 g/mol. The molecule has 0 radical (unpaired) electrons. The zero-order valence-corrected chi connectivity index (χ0v) is 12.2. The molecule has 0 aromatic heterocycles. The fourth-order valence-corrected chi connectivity index (χ4v) is 4.12. The van der Waals surface area contributed by atoms with E-state index < -0.39 is 10.0 Å². The van der Waals surface area contributed by atoms with Crippen molar-refractivity contribution >= 4 is 10.0 Å². The van der Waals surface area contributed by atoms with Gasteiger partial charge in [-0.3, -0.25) is 0 Å². The van der Waals surface area contributed by atoms with Crippen molar-refractivity contribution < 1.29 is 13.2 Å². The topological polar surface area (TPSA) is 67.4 Å². The Kier molecular flexibility index (Phi) is 4.07. The van der Waals surface area contributed by atoms with E-state index in [4.69, 9.17) is 4.74 Å². The van der Waals surface area contributed by atoms with Gasteiger partial charge in [-0.15, -0.1) is 0 Å². The molecular weight excluding hydrogens is 276 g/mol. The minimum Gasteiger partial charge on any atom is -0.381 e. The Hall–Kier alpha value is -0.950. The van der Waals surface area contributed by atoms with E-state index in [1.54, 1.807) is 0 Å². The Labute approximate surface area is 119 Å². The summed E-state index contributed by atoms with van der Waals surface area (Å²) in [5, 5.41) is 3.28. The van der Waals surface area contributed by atoms with Gasteiger partial charge in [0, 0.05) is 26.2 Å².